The molecule has 0 spiro atoms. The van der Waals surface area contributed by atoms with Crippen LogP contribution in [0.2, 0.25) is 5.02 Å². The van der Waals surface area contributed by atoms with Crippen LogP contribution in [-0.2, 0) is 14.8 Å². The summed E-state index contributed by atoms with van der Waals surface area (Å²) in [6.07, 6.45) is 8.40. The molecule has 3 saturated heterocycles. The molecule has 3 N–H and O–H groups in total. The van der Waals surface area contributed by atoms with Crippen molar-refractivity contribution in [1.82, 2.24) is 34.3 Å². The first kappa shape index (κ1) is 43.3. The molecule has 3 aromatic carbocycles. The van der Waals surface area contributed by atoms with Gasteiger partial charge in [0.25, 0.3) is 15.9 Å². The summed E-state index contributed by atoms with van der Waals surface area (Å²) in [6, 6.07) is 22.2. The molecule has 0 radical (unpaired) electrons. The number of fused-ring (bicyclic) bond motifs is 2. The molecule has 15 nitrogen and oxygen atoms in total. The number of piperidine rings is 1. The Balaban J connectivity index is 0.888. The number of likely N-dealkylation sites (tertiary alicyclic amines) is 1. The lowest BCUT2D eigenvalue weighted by Gasteiger charge is -2.41. The summed E-state index contributed by atoms with van der Waals surface area (Å²) in [4.78, 5) is 42.4. The molecule has 0 saturated carbocycles. The summed E-state index contributed by atoms with van der Waals surface area (Å²) in [5.74, 6) is -0.831. The fourth-order valence-electron chi connectivity index (χ4n) is 9.78. The zero-order valence-corrected chi connectivity index (χ0v) is 38.2. The number of pyridine rings is 1. The number of nitroso groups, excluding NO2 is 1. The number of hydrogen-bond acceptors (Lipinski definition) is 12. The van der Waals surface area contributed by atoms with E-state index in [1.54, 1.807) is 29.2 Å². The van der Waals surface area contributed by atoms with Crippen molar-refractivity contribution in [3.8, 4) is 5.69 Å². The van der Waals surface area contributed by atoms with E-state index in [9.17, 15) is 18.1 Å². The Bertz CT molecular complexity index is 2910. The first-order chi connectivity index (χ1) is 31.4. The first-order valence-electron chi connectivity index (χ1n) is 22.4. The molecule has 1 amide bonds. The topological polar surface area (TPSA) is 170 Å². The van der Waals surface area contributed by atoms with E-state index >= 15 is 0 Å². The van der Waals surface area contributed by atoms with Gasteiger partial charge in [-0.25, -0.2) is 23.1 Å². The van der Waals surface area contributed by atoms with E-state index in [2.05, 4.69) is 66.0 Å². The highest BCUT2D eigenvalue weighted by Gasteiger charge is 2.32. The van der Waals surface area contributed by atoms with Crippen molar-refractivity contribution in [2.45, 2.75) is 62.9 Å². The quantitative estimate of drug-likeness (QED) is 0.101. The Labute approximate surface area is 383 Å². The summed E-state index contributed by atoms with van der Waals surface area (Å²) in [5.41, 5.74) is 8.19. The summed E-state index contributed by atoms with van der Waals surface area (Å²) in [5, 5.41) is 11.4. The minimum Gasteiger partial charge on any atom is -0.380 e. The number of sulfonamides is 1. The van der Waals surface area contributed by atoms with Gasteiger partial charge < -0.3 is 15.0 Å². The number of allylic oxidation sites excluding steroid dienone is 1. The van der Waals surface area contributed by atoms with E-state index in [0.717, 1.165) is 107 Å². The summed E-state index contributed by atoms with van der Waals surface area (Å²) < 4.78 is 37.2. The standard InChI is InChI=1S/C48H53ClN10O5S/c1-48(2)15-11-33(40(26-48)31-3-5-34(49)6-4-31)28-56-19-21-58(22-20-56)36-7-9-39(44(24-36)59-45-23-32-12-16-50-46(32)53-43(45)27-51-59)47(60)55-65(62,63)38-8-10-41(42(25-38)54-61)52-35-13-17-57(18-14-35)37-29-64-30-37/h3-10,12,16,23-25,27,35,37,51-52H,11,13-15,17-22,26,28-30H2,1-2H3,(H,55,60). The number of aromatic nitrogens is 4. The molecule has 1 aliphatic carbocycles. The van der Waals surface area contributed by atoms with Crippen LogP contribution >= 0.6 is 11.6 Å². The van der Waals surface area contributed by atoms with Gasteiger partial charge in [-0.1, -0.05) is 43.2 Å². The lowest BCUT2D eigenvalue weighted by Crippen LogP contribution is -2.53. The zero-order chi connectivity index (χ0) is 44.9. The van der Waals surface area contributed by atoms with Crippen molar-refractivity contribution in [1.29, 1.82) is 0 Å². The molecule has 10 rings (SSSR count). The number of nitrogens with one attached hydrogen (secondary N) is 3. The van der Waals surface area contributed by atoms with Crippen molar-refractivity contribution >= 4 is 72.2 Å². The van der Waals surface area contributed by atoms with E-state index in [1.165, 1.54) is 28.8 Å². The molecule has 4 aliphatic rings. The average molecular weight is 918 g/mol. The Morgan fingerprint density at radius 2 is 1.75 bits per heavy atom. The number of piperazine rings is 1. The fourth-order valence-corrected chi connectivity index (χ4v) is 10.9. The van der Waals surface area contributed by atoms with Crippen LogP contribution in [0.3, 0.4) is 0 Å². The van der Waals surface area contributed by atoms with Crippen molar-refractivity contribution in [3.05, 3.63) is 112 Å². The Morgan fingerprint density at radius 1 is 0.969 bits per heavy atom. The summed E-state index contributed by atoms with van der Waals surface area (Å²) in [7, 11) is -4.44. The number of anilines is 2. The van der Waals surface area contributed by atoms with Gasteiger partial charge >= 0.3 is 0 Å². The lowest BCUT2D eigenvalue weighted by atomic mass is 9.72. The summed E-state index contributed by atoms with van der Waals surface area (Å²) in [6.45, 7) is 12.2. The van der Waals surface area contributed by atoms with Crippen LogP contribution in [0.15, 0.2) is 101 Å². The minimum atomic E-state index is -4.44. The molecule has 3 fully saturated rings. The SMILES string of the molecule is CC1(C)CCC(CN2CCN(c3ccc(C(=O)NS(=O)(=O)c4ccc(NC5CCN(C6COC6)CC5)c(N=O)c4)c(-n4[nH]cc5nc6nccc6cc54)c3)CC2)=C(c2ccc(Cl)cc2)C1. The second kappa shape index (κ2) is 17.6. The van der Waals surface area contributed by atoms with Crippen molar-refractivity contribution < 1.29 is 17.9 Å². The van der Waals surface area contributed by atoms with E-state index in [-0.39, 0.29) is 27.6 Å². The molecule has 0 atom stereocenters. The number of carbonyl (C=O) groups excluding carboxylic acids is 1. The van der Waals surface area contributed by atoms with Crippen LogP contribution in [0.4, 0.5) is 17.1 Å². The van der Waals surface area contributed by atoms with E-state index < -0.39 is 15.9 Å². The highest BCUT2D eigenvalue weighted by molar-refractivity contribution is 7.90. The van der Waals surface area contributed by atoms with Gasteiger partial charge in [0.1, 0.15) is 11.2 Å². The van der Waals surface area contributed by atoms with Crippen molar-refractivity contribution in [3.63, 3.8) is 0 Å². The first-order valence-corrected chi connectivity index (χ1v) is 24.3. The third-order valence-corrected chi connectivity index (χ3v) is 15.3. The largest absolute Gasteiger partial charge is 0.380 e. The third-order valence-electron chi connectivity index (χ3n) is 13.7. The highest BCUT2D eigenvalue weighted by Crippen LogP contribution is 2.43. The van der Waals surface area contributed by atoms with Crippen LogP contribution < -0.4 is 14.9 Å². The van der Waals surface area contributed by atoms with E-state index in [0.29, 0.717) is 34.1 Å². The molecule has 0 unspecified atom stereocenters. The molecule has 3 aromatic heterocycles. The number of halogens is 1. The molecule has 338 valence electrons. The fraction of sp³-hybridized carbons (Fsp3) is 0.396. The van der Waals surface area contributed by atoms with Crippen molar-refractivity contribution in [2.24, 2.45) is 10.6 Å². The van der Waals surface area contributed by atoms with Crippen LogP contribution in [0.25, 0.3) is 33.3 Å². The van der Waals surface area contributed by atoms with Gasteiger partial charge in [-0.05, 0) is 114 Å². The second-order valence-electron chi connectivity index (χ2n) is 18.6. The third kappa shape index (κ3) is 9.02. The smallest absolute Gasteiger partial charge is 0.267 e. The van der Waals surface area contributed by atoms with Crippen LogP contribution in [0.5, 0.6) is 0 Å². The van der Waals surface area contributed by atoms with Crippen LogP contribution in [0.1, 0.15) is 61.9 Å². The maximum absolute atomic E-state index is 14.3. The van der Waals surface area contributed by atoms with Gasteiger partial charge in [-0.2, -0.15) is 0 Å². The molecule has 65 heavy (non-hydrogen) atoms. The average Bonchev–Trinajstić information content (AvgIpc) is 3.93. The van der Waals surface area contributed by atoms with Crippen molar-refractivity contribution in [2.75, 3.05) is 69.2 Å². The summed E-state index contributed by atoms with van der Waals surface area (Å²) >= 11 is 6.27. The van der Waals surface area contributed by atoms with Gasteiger partial charge in [0, 0.05) is 80.3 Å². The number of rotatable bonds is 12. The van der Waals surface area contributed by atoms with Crippen LogP contribution in [0, 0.1) is 10.3 Å². The molecule has 3 aliphatic heterocycles. The molecule has 0 bridgehead atoms. The number of aromatic amines is 1. The second-order valence-corrected chi connectivity index (χ2v) is 20.7. The monoisotopic (exact) mass is 916 g/mol. The number of H-pyrrole nitrogens is 1. The number of amides is 1. The zero-order valence-electron chi connectivity index (χ0n) is 36.6. The predicted molar refractivity (Wildman–Crippen MR) is 255 cm³/mol. The van der Waals surface area contributed by atoms with Gasteiger partial charge in [0.2, 0.25) is 0 Å². The van der Waals surface area contributed by atoms with Gasteiger partial charge in [0.05, 0.1) is 46.6 Å². The van der Waals surface area contributed by atoms with Crippen LogP contribution in [-0.4, -0.2) is 115 Å². The number of hydrogen-bond donors (Lipinski definition) is 3. The Kier molecular flexibility index (Phi) is 11.7. The molecule has 6 aromatic rings. The Morgan fingerprint density at radius 3 is 2.49 bits per heavy atom. The van der Waals surface area contributed by atoms with Gasteiger partial charge in [0.15, 0.2) is 5.65 Å². The molecular weight excluding hydrogens is 864 g/mol. The molecule has 6 heterocycles. The van der Waals surface area contributed by atoms with Gasteiger partial charge in [-0.15, -0.1) is 4.91 Å². The number of carbonyl (C=O) groups is 1. The Hall–Kier alpha value is -5.65. The minimum absolute atomic E-state index is 0.0454. The molecule has 17 heteroatoms. The van der Waals surface area contributed by atoms with E-state index in [4.69, 9.17) is 21.3 Å². The number of nitrogens with zero attached hydrogens (tertiary/aromatic N) is 7. The number of ether oxygens (including phenoxy) is 1. The number of benzene rings is 3. The normalized spacial score (nSPS) is 19.2. The maximum atomic E-state index is 14.3. The van der Waals surface area contributed by atoms with Gasteiger partial charge in [-0.3, -0.25) is 24.4 Å². The highest BCUT2D eigenvalue weighted by atomic mass is 35.5. The molecular formula is C48H53ClN10O5S. The maximum Gasteiger partial charge on any atom is 0.267 e. The lowest BCUT2D eigenvalue weighted by molar-refractivity contribution is -0.0705. The van der Waals surface area contributed by atoms with E-state index in [1.807, 2.05) is 36.4 Å². The predicted octanol–water partition coefficient (Wildman–Crippen LogP) is 8.13.